The number of hydrogen-bond donors (Lipinski definition) is 1. The van der Waals surface area contributed by atoms with Crippen molar-refractivity contribution in [3.63, 3.8) is 0 Å². The summed E-state index contributed by atoms with van der Waals surface area (Å²) in [6.45, 7) is 4.99. The van der Waals surface area contributed by atoms with Crippen LogP contribution >= 0.6 is 0 Å². The lowest BCUT2D eigenvalue weighted by molar-refractivity contribution is 0.0505. The average Bonchev–Trinajstić information content (AvgIpc) is 2.48. The molecule has 1 aliphatic rings. The van der Waals surface area contributed by atoms with E-state index in [2.05, 4.69) is 22.9 Å². The standard InChI is InChI=1S/C15H21N3O2/c1-17-6-8-18(9-7-17)11-14(19)12-20-15-4-2-13(10-16)3-5-15/h2-5,14,19H,6-9,11-12H2,1H3. The van der Waals surface area contributed by atoms with Gasteiger partial charge < -0.3 is 14.7 Å². The highest BCUT2D eigenvalue weighted by Crippen LogP contribution is 2.12. The van der Waals surface area contributed by atoms with Gasteiger partial charge in [-0.2, -0.15) is 5.26 Å². The molecule has 5 nitrogen and oxygen atoms in total. The van der Waals surface area contributed by atoms with Crippen LogP contribution in [0.4, 0.5) is 0 Å². The summed E-state index contributed by atoms with van der Waals surface area (Å²) in [6, 6.07) is 8.98. The summed E-state index contributed by atoms with van der Waals surface area (Å²) in [7, 11) is 2.11. The van der Waals surface area contributed by atoms with Gasteiger partial charge in [0.15, 0.2) is 0 Å². The molecule has 1 aliphatic heterocycles. The molecule has 1 saturated heterocycles. The van der Waals surface area contributed by atoms with Crippen molar-refractivity contribution in [3.8, 4) is 11.8 Å². The van der Waals surface area contributed by atoms with E-state index in [0.717, 1.165) is 26.2 Å². The maximum Gasteiger partial charge on any atom is 0.119 e. The van der Waals surface area contributed by atoms with E-state index in [1.54, 1.807) is 24.3 Å². The third kappa shape index (κ3) is 4.49. The smallest absolute Gasteiger partial charge is 0.119 e. The van der Waals surface area contributed by atoms with Gasteiger partial charge in [-0.1, -0.05) is 0 Å². The molecule has 1 unspecified atom stereocenters. The lowest BCUT2D eigenvalue weighted by Gasteiger charge is -2.33. The van der Waals surface area contributed by atoms with Gasteiger partial charge in [0.05, 0.1) is 11.6 Å². The number of aliphatic hydroxyl groups is 1. The summed E-state index contributed by atoms with van der Waals surface area (Å²) in [5.41, 5.74) is 0.607. The summed E-state index contributed by atoms with van der Waals surface area (Å²) in [6.07, 6.45) is -0.492. The minimum atomic E-state index is -0.492. The van der Waals surface area contributed by atoms with Crippen LogP contribution in [0.15, 0.2) is 24.3 Å². The van der Waals surface area contributed by atoms with E-state index in [4.69, 9.17) is 10.00 Å². The molecule has 20 heavy (non-hydrogen) atoms. The van der Waals surface area contributed by atoms with Gasteiger partial charge >= 0.3 is 0 Å². The highest BCUT2D eigenvalue weighted by Gasteiger charge is 2.17. The zero-order valence-corrected chi connectivity index (χ0v) is 11.8. The maximum absolute atomic E-state index is 10.00. The van der Waals surface area contributed by atoms with Gasteiger partial charge in [-0.15, -0.1) is 0 Å². The lowest BCUT2D eigenvalue weighted by Crippen LogP contribution is -2.47. The second-order valence-corrected chi connectivity index (χ2v) is 5.20. The molecule has 0 bridgehead atoms. The minimum Gasteiger partial charge on any atom is -0.491 e. The highest BCUT2D eigenvalue weighted by atomic mass is 16.5. The SMILES string of the molecule is CN1CCN(CC(O)COc2ccc(C#N)cc2)CC1. The van der Waals surface area contributed by atoms with Crippen LogP contribution < -0.4 is 4.74 Å². The van der Waals surface area contributed by atoms with Crippen molar-refractivity contribution >= 4 is 0 Å². The van der Waals surface area contributed by atoms with Crippen LogP contribution in [0, 0.1) is 11.3 Å². The van der Waals surface area contributed by atoms with Crippen molar-refractivity contribution in [2.24, 2.45) is 0 Å². The number of piperazine rings is 1. The Kier molecular flexibility index (Phi) is 5.36. The van der Waals surface area contributed by atoms with E-state index in [1.807, 2.05) is 0 Å². The first-order valence-electron chi connectivity index (χ1n) is 6.89. The topological polar surface area (TPSA) is 59.7 Å². The Morgan fingerprint density at radius 1 is 1.25 bits per heavy atom. The normalized spacial score (nSPS) is 18.4. The Morgan fingerprint density at radius 3 is 2.50 bits per heavy atom. The Balaban J connectivity index is 1.71. The van der Waals surface area contributed by atoms with E-state index in [0.29, 0.717) is 17.9 Å². The van der Waals surface area contributed by atoms with Crippen LogP contribution in [0.1, 0.15) is 5.56 Å². The van der Waals surface area contributed by atoms with Crippen LogP contribution in [0.5, 0.6) is 5.75 Å². The van der Waals surface area contributed by atoms with Gasteiger partial charge in [0.2, 0.25) is 0 Å². The first kappa shape index (κ1) is 14.8. The molecule has 0 amide bonds. The quantitative estimate of drug-likeness (QED) is 0.850. The lowest BCUT2D eigenvalue weighted by atomic mass is 10.2. The average molecular weight is 275 g/mol. The summed E-state index contributed by atoms with van der Waals surface area (Å²) < 4.78 is 5.53. The number of likely N-dealkylation sites (N-methyl/N-ethyl adjacent to an activating group) is 1. The fourth-order valence-corrected chi connectivity index (χ4v) is 2.20. The second-order valence-electron chi connectivity index (χ2n) is 5.20. The molecule has 5 heteroatoms. The number of ether oxygens (including phenoxy) is 1. The molecule has 108 valence electrons. The van der Waals surface area contributed by atoms with E-state index in [1.165, 1.54) is 0 Å². The molecule has 1 fully saturated rings. The van der Waals surface area contributed by atoms with Crippen molar-refractivity contribution in [1.82, 2.24) is 9.80 Å². The predicted octanol–water partition coefficient (Wildman–Crippen LogP) is 0.545. The van der Waals surface area contributed by atoms with Crippen LogP contribution in [0.2, 0.25) is 0 Å². The van der Waals surface area contributed by atoms with Gasteiger partial charge in [0.25, 0.3) is 0 Å². The van der Waals surface area contributed by atoms with Gasteiger partial charge in [-0.05, 0) is 31.3 Å². The van der Waals surface area contributed by atoms with E-state index in [9.17, 15) is 5.11 Å². The van der Waals surface area contributed by atoms with Crippen molar-refractivity contribution in [3.05, 3.63) is 29.8 Å². The zero-order chi connectivity index (χ0) is 14.4. The number of benzene rings is 1. The molecule has 1 aromatic rings. The second kappa shape index (κ2) is 7.25. The van der Waals surface area contributed by atoms with Crippen LogP contribution in [-0.2, 0) is 0 Å². The fraction of sp³-hybridized carbons (Fsp3) is 0.533. The summed E-state index contributed by atoms with van der Waals surface area (Å²) in [5, 5.41) is 18.7. The molecule has 2 rings (SSSR count). The van der Waals surface area contributed by atoms with E-state index < -0.39 is 6.10 Å². The molecule has 0 radical (unpaired) electrons. The van der Waals surface area contributed by atoms with Crippen molar-refractivity contribution < 1.29 is 9.84 Å². The van der Waals surface area contributed by atoms with Gasteiger partial charge in [-0.3, -0.25) is 4.90 Å². The largest absolute Gasteiger partial charge is 0.491 e. The van der Waals surface area contributed by atoms with Crippen molar-refractivity contribution in [1.29, 1.82) is 5.26 Å². The Morgan fingerprint density at radius 2 is 1.90 bits per heavy atom. The van der Waals surface area contributed by atoms with Crippen molar-refractivity contribution in [2.75, 3.05) is 46.4 Å². The number of nitrogens with zero attached hydrogens (tertiary/aromatic N) is 3. The van der Waals surface area contributed by atoms with Gasteiger partial charge in [-0.25, -0.2) is 0 Å². The number of β-amino-alcohol motifs (C(OH)–C–C–N with tert-alkyl or cyclic N) is 1. The molecule has 0 aliphatic carbocycles. The third-order valence-corrected chi connectivity index (χ3v) is 3.49. The molecule has 0 spiro atoms. The van der Waals surface area contributed by atoms with Crippen LogP contribution in [0.3, 0.4) is 0 Å². The molecular weight excluding hydrogens is 254 g/mol. The van der Waals surface area contributed by atoms with Crippen LogP contribution in [0.25, 0.3) is 0 Å². The molecule has 0 aromatic heterocycles. The van der Waals surface area contributed by atoms with Gasteiger partial charge in [0.1, 0.15) is 18.5 Å². The Bertz CT molecular complexity index is 447. The third-order valence-electron chi connectivity index (χ3n) is 3.49. The zero-order valence-electron chi connectivity index (χ0n) is 11.8. The Hall–Kier alpha value is -1.61. The molecule has 1 atom stereocenters. The number of hydrogen-bond acceptors (Lipinski definition) is 5. The number of nitriles is 1. The number of rotatable bonds is 5. The summed E-state index contributed by atoms with van der Waals surface area (Å²) >= 11 is 0. The van der Waals surface area contributed by atoms with E-state index >= 15 is 0 Å². The maximum atomic E-state index is 10.00. The highest BCUT2D eigenvalue weighted by molar-refractivity contribution is 5.34. The monoisotopic (exact) mass is 275 g/mol. The molecule has 1 aromatic carbocycles. The fourth-order valence-electron chi connectivity index (χ4n) is 2.20. The summed E-state index contributed by atoms with van der Waals surface area (Å²) in [5.74, 6) is 0.682. The molecule has 0 saturated carbocycles. The predicted molar refractivity (Wildman–Crippen MR) is 76.6 cm³/mol. The first-order chi connectivity index (χ1) is 9.67. The van der Waals surface area contributed by atoms with Crippen molar-refractivity contribution in [2.45, 2.75) is 6.10 Å². The number of aliphatic hydroxyl groups excluding tert-OH is 1. The minimum absolute atomic E-state index is 0.276. The first-order valence-corrected chi connectivity index (χ1v) is 6.89. The molecular formula is C15H21N3O2. The molecule has 1 heterocycles. The Labute approximate surface area is 120 Å². The van der Waals surface area contributed by atoms with Gasteiger partial charge in [0, 0.05) is 32.7 Å². The van der Waals surface area contributed by atoms with E-state index in [-0.39, 0.29) is 6.61 Å². The molecule has 1 N–H and O–H groups in total. The summed E-state index contributed by atoms with van der Waals surface area (Å²) in [4.78, 5) is 4.54. The van der Waals surface area contributed by atoms with Crippen LogP contribution in [-0.4, -0.2) is 67.4 Å².